The zero-order chi connectivity index (χ0) is 18.8. The maximum atomic E-state index is 13.2. The lowest BCUT2D eigenvalue weighted by molar-refractivity contribution is 0.418. The van der Waals surface area contributed by atoms with Gasteiger partial charge in [-0.15, -0.1) is 0 Å². The van der Waals surface area contributed by atoms with Crippen LogP contribution in [0.15, 0.2) is 88.1 Å². The molecule has 0 aliphatic heterocycles. The Kier molecular flexibility index (Phi) is 4.51. The van der Waals surface area contributed by atoms with E-state index in [0.717, 1.165) is 11.1 Å². The third-order valence-corrected chi connectivity index (χ3v) is 4.89. The summed E-state index contributed by atoms with van der Waals surface area (Å²) in [6, 6.07) is 25.7. The Hall–Kier alpha value is -3.33. The molecule has 0 saturated heterocycles. The van der Waals surface area contributed by atoms with Crippen molar-refractivity contribution in [3.05, 3.63) is 112 Å². The van der Waals surface area contributed by atoms with Crippen LogP contribution in [0.25, 0.3) is 11.0 Å². The van der Waals surface area contributed by atoms with E-state index in [2.05, 4.69) is 24.3 Å². The van der Waals surface area contributed by atoms with E-state index in [9.17, 15) is 4.79 Å². The summed E-state index contributed by atoms with van der Waals surface area (Å²) < 4.78 is 11.7. The molecule has 1 aromatic heterocycles. The summed E-state index contributed by atoms with van der Waals surface area (Å²) in [7, 11) is 1.56. The Balaban J connectivity index is 2.03. The van der Waals surface area contributed by atoms with Gasteiger partial charge in [-0.05, 0) is 30.2 Å². The minimum atomic E-state index is -0.157. The van der Waals surface area contributed by atoms with Gasteiger partial charge in [0.25, 0.3) is 0 Å². The van der Waals surface area contributed by atoms with Crippen molar-refractivity contribution in [2.45, 2.75) is 12.8 Å². The largest absolute Gasteiger partial charge is 0.496 e. The first-order valence-electron chi connectivity index (χ1n) is 8.91. The quantitative estimate of drug-likeness (QED) is 0.499. The molecule has 0 bridgehead atoms. The normalized spacial score (nSPS) is 11.1. The van der Waals surface area contributed by atoms with Gasteiger partial charge in [0.1, 0.15) is 22.5 Å². The number of rotatable bonds is 4. The molecule has 0 unspecified atom stereocenters. The molecule has 3 heteroatoms. The van der Waals surface area contributed by atoms with Crippen molar-refractivity contribution in [2.75, 3.05) is 7.11 Å². The summed E-state index contributed by atoms with van der Waals surface area (Å²) in [6.07, 6.45) is 0. The second-order valence-electron chi connectivity index (χ2n) is 6.51. The topological polar surface area (TPSA) is 39.4 Å². The smallest absolute Gasteiger partial charge is 0.199 e. The molecule has 0 fully saturated rings. The lowest BCUT2D eigenvalue weighted by atomic mass is 9.87. The van der Waals surface area contributed by atoms with Crippen LogP contribution in [0.4, 0.5) is 0 Å². The minimum absolute atomic E-state index is 0.0550. The zero-order valence-electron chi connectivity index (χ0n) is 15.3. The van der Waals surface area contributed by atoms with E-state index in [4.69, 9.17) is 9.15 Å². The van der Waals surface area contributed by atoms with E-state index >= 15 is 0 Å². The number of ether oxygens (including phenoxy) is 1. The van der Waals surface area contributed by atoms with Gasteiger partial charge in [-0.3, -0.25) is 4.79 Å². The number of fused-ring (bicyclic) bond motifs is 1. The highest BCUT2D eigenvalue weighted by Crippen LogP contribution is 2.35. The van der Waals surface area contributed by atoms with Crippen LogP contribution in [0.2, 0.25) is 0 Å². The van der Waals surface area contributed by atoms with E-state index in [1.807, 2.05) is 55.5 Å². The van der Waals surface area contributed by atoms with Crippen LogP contribution >= 0.6 is 0 Å². The Bertz CT molecular complexity index is 1090. The molecule has 0 N–H and O–H groups in total. The van der Waals surface area contributed by atoms with E-state index < -0.39 is 0 Å². The van der Waals surface area contributed by atoms with E-state index in [-0.39, 0.29) is 11.3 Å². The first kappa shape index (κ1) is 17.1. The molecule has 27 heavy (non-hydrogen) atoms. The maximum absolute atomic E-state index is 13.2. The summed E-state index contributed by atoms with van der Waals surface area (Å²) in [4.78, 5) is 13.2. The zero-order valence-corrected chi connectivity index (χ0v) is 15.3. The molecule has 0 atom stereocenters. The van der Waals surface area contributed by atoms with Gasteiger partial charge in [-0.25, -0.2) is 0 Å². The third kappa shape index (κ3) is 3.02. The fourth-order valence-electron chi connectivity index (χ4n) is 3.55. The summed E-state index contributed by atoms with van der Waals surface area (Å²) in [5.41, 5.74) is 3.25. The molecule has 0 saturated carbocycles. The van der Waals surface area contributed by atoms with Crippen LogP contribution in [0.3, 0.4) is 0 Å². The molecular formula is C24H20O3. The van der Waals surface area contributed by atoms with Gasteiger partial charge < -0.3 is 9.15 Å². The molecule has 1 heterocycles. The van der Waals surface area contributed by atoms with Crippen LogP contribution in [0, 0.1) is 6.92 Å². The number of hydrogen-bond acceptors (Lipinski definition) is 3. The van der Waals surface area contributed by atoms with Crippen molar-refractivity contribution < 1.29 is 9.15 Å². The fraction of sp³-hybridized carbons (Fsp3) is 0.125. The molecule has 134 valence electrons. The molecule has 4 rings (SSSR count). The fourth-order valence-corrected chi connectivity index (χ4v) is 3.55. The Morgan fingerprint density at radius 3 is 1.96 bits per heavy atom. The summed E-state index contributed by atoms with van der Waals surface area (Å²) in [5, 5.41) is 0.487. The summed E-state index contributed by atoms with van der Waals surface area (Å²) in [5.74, 6) is 1.04. The molecule has 0 aliphatic rings. The molecule has 0 spiro atoms. The lowest BCUT2D eigenvalue weighted by Crippen LogP contribution is -2.14. The van der Waals surface area contributed by atoms with Gasteiger partial charge in [0.05, 0.1) is 13.0 Å². The third-order valence-electron chi connectivity index (χ3n) is 4.89. The lowest BCUT2D eigenvalue weighted by Gasteiger charge is -2.20. The predicted octanol–water partition coefficient (Wildman–Crippen LogP) is 5.29. The van der Waals surface area contributed by atoms with E-state index in [1.165, 1.54) is 0 Å². The molecule has 3 aromatic carbocycles. The molecule has 3 nitrogen and oxygen atoms in total. The second-order valence-corrected chi connectivity index (χ2v) is 6.51. The maximum Gasteiger partial charge on any atom is 0.199 e. The van der Waals surface area contributed by atoms with Crippen LogP contribution in [-0.4, -0.2) is 7.11 Å². The molecular weight excluding hydrogens is 336 g/mol. The Morgan fingerprint density at radius 2 is 1.41 bits per heavy atom. The number of hydrogen-bond donors (Lipinski definition) is 0. The van der Waals surface area contributed by atoms with Crippen molar-refractivity contribution in [3.63, 3.8) is 0 Å². The summed E-state index contributed by atoms with van der Waals surface area (Å²) in [6.45, 7) is 1.83. The summed E-state index contributed by atoms with van der Waals surface area (Å²) >= 11 is 0. The molecule has 4 aromatic rings. The first-order chi connectivity index (χ1) is 13.2. The Labute approximate surface area is 157 Å². The predicted molar refractivity (Wildman–Crippen MR) is 108 cm³/mol. The molecule has 0 radical (unpaired) electrons. The Morgan fingerprint density at radius 1 is 0.815 bits per heavy atom. The van der Waals surface area contributed by atoms with Crippen LogP contribution in [0.1, 0.15) is 28.4 Å². The van der Waals surface area contributed by atoms with Crippen LogP contribution in [-0.2, 0) is 0 Å². The monoisotopic (exact) mass is 356 g/mol. The molecule has 0 aliphatic carbocycles. The van der Waals surface area contributed by atoms with Crippen molar-refractivity contribution in [1.82, 2.24) is 0 Å². The number of benzene rings is 3. The standard InChI is InChI=1S/C24H20O3/c1-16-23(25)22-19(26-2)14-9-15-20(22)27-24(16)21(17-10-5-3-6-11-17)18-12-7-4-8-13-18/h3-15,21H,1-2H3. The van der Waals surface area contributed by atoms with E-state index in [0.29, 0.717) is 28.0 Å². The SMILES string of the molecule is COc1cccc2oc(C(c3ccccc3)c3ccccc3)c(C)c(=O)c12. The molecule has 0 amide bonds. The van der Waals surface area contributed by atoms with Gasteiger partial charge in [0.2, 0.25) is 0 Å². The van der Waals surface area contributed by atoms with E-state index in [1.54, 1.807) is 13.2 Å². The van der Waals surface area contributed by atoms with Crippen LogP contribution < -0.4 is 10.2 Å². The minimum Gasteiger partial charge on any atom is -0.496 e. The average molecular weight is 356 g/mol. The highest BCUT2D eigenvalue weighted by atomic mass is 16.5. The highest BCUT2D eigenvalue weighted by Gasteiger charge is 2.24. The van der Waals surface area contributed by atoms with Crippen molar-refractivity contribution >= 4 is 11.0 Å². The van der Waals surface area contributed by atoms with Crippen molar-refractivity contribution in [1.29, 1.82) is 0 Å². The highest BCUT2D eigenvalue weighted by molar-refractivity contribution is 5.84. The van der Waals surface area contributed by atoms with Gasteiger partial charge in [-0.2, -0.15) is 0 Å². The van der Waals surface area contributed by atoms with Crippen molar-refractivity contribution in [2.24, 2.45) is 0 Å². The average Bonchev–Trinajstić information content (AvgIpc) is 2.73. The van der Waals surface area contributed by atoms with Gasteiger partial charge >= 0.3 is 0 Å². The second kappa shape index (κ2) is 7.12. The first-order valence-corrected chi connectivity index (χ1v) is 8.91. The van der Waals surface area contributed by atoms with Gasteiger partial charge in [-0.1, -0.05) is 66.7 Å². The van der Waals surface area contributed by atoms with Crippen molar-refractivity contribution in [3.8, 4) is 5.75 Å². The van der Waals surface area contributed by atoms with Gasteiger partial charge in [0, 0.05) is 5.56 Å². The number of methoxy groups -OCH3 is 1. The van der Waals surface area contributed by atoms with Crippen LogP contribution in [0.5, 0.6) is 5.75 Å². The van der Waals surface area contributed by atoms with Gasteiger partial charge in [0.15, 0.2) is 5.43 Å².